The molecule has 0 atom stereocenters. The van der Waals surface area contributed by atoms with E-state index in [9.17, 15) is 4.79 Å². The predicted octanol–water partition coefficient (Wildman–Crippen LogP) is 3.92. The molecule has 3 rings (SSSR count). The van der Waals surface area contributed by atoms with Gasteiger partial charge in [0.15, 0.2) is 0 Å². The van der Waals surface area contributed by atoms with Crippen molar-refractivity contribution in [2.24, 2.45) is 21.5 Å². The van der Waals surface area contributed by atoms with Crippen LogP contribution in [0.3, 0.4) is 0 Å². The predicted molar refractivity (Wildman–Crippen MR) is 117 cm³/mol. The van der Waals surface area contributed by atoms with Gasteiger partial charge in [-0.25, -0.2) is 9.79 Å². The van der Waals surface area contributed by atoms with E-state index in [0.717, 1.165) is 44.2 Å². The first-order valence-electron chi connectivity index (χ1n) is 10.8. The lowest BCUT2D eigenvalue weighted by atomic mass is 9.87. The highest BCUT2D eigenvalue weighted by atomic mass is 16.5. The Kier molecular flexibility index (Phi) is 7.12. The number of rotatable bonds is 8. The molecule has 2 aliphatic rings. The van der Waals surface area contributed by atoms with Crippen LogP contribution < -0.4 is 16.4 Å². The smallest absolute Gasteiger partial charge is 0.338 e. The first kappa shape index (κ1) is 21.1. The molecule has 1 aliphatic carbocycles. The lowest BCUT2D eigenvalue weighted by Crippen LogP contribution is -2.58. The summed E-state index contributed by atoms with van der Waals surface area (Å²) in [7, 11) is 0. The van der Waals surface area contributed by atoms with Gasteiger partial charge in [0, 0.05) is 5.69 Å². The van der Waals surface area contributed by atoms with Gasteiger partial charge in [-0.05, 0) is 56.4 Å². The number of esters is 1. The monoisotopic (exact) mass is 399 g/mol. The van der Waals surface area contributed by atoms with E-state index in [-0.39, 0.29) is 11.9 Å². The summed E-state index contributed by atoms with van der Waals surface area (Å²) in [5, 5.41) is 0. The summed E-state index contributed by atoms with van der Waals surface area (Å²) in [5.74, 6) is 0.295. The van der Waals surface area contributed by atoms with E-state index < -0.39 is 5.66 Å². The first-order chi connectivity index (χ1) is 14.1. The fourth-order valence-corrected chi connectivity index (χ4v) is 4.20. The molecule has 0 amide bonds. The topological polar surface area (TPSA) is 106 Å². The normalized spacial score (nSPS) is 18.3. The van der Waals surface area contributed by atoms with E-state index in [1.807, 2.05) is 17.0 Å². The van der Waals surface area contributed by atoms with Gasteiger partial charge in [-0.15, -0.1) is 0 Å². The van der Waals surface area contributed by atoms with Crippen LogP contribution in [0.1, 0.15) is 81.5 Å². The quantitative estimate of drug-likeness (QED) is 0.509. The van der Waals surface area contributed by atoms with Crippen molar-refractivity contribution in [3.8, 4) is 0 Å². The van der Waals surface area contributed by atoms with E-state index in [1.54, 1.807) is 12.1 Å². The van der Waals surface area contributed by atoms with Crippen LogP contribution in [-0.2, 0) is 4.74 Å². The number of carbonyl (C=O) groups excluding carboxylic acids is 1. The van der Waals surface area contributed by atoms with Gasteiger partial charge in [-0.3, -0.25) is 4.90 Å². The van der Waals surface area contributed by atoms with Crippen molar-refractivity contribution in [2.45, 2.75) is 76.8 Å². The number of aliphatic imine (C=N–C) groups is 2. The van der Waals surface area contributed by atoms with E-state index >= 15 is 0 Å². The molecule has 1 spiro atoms. The molecule has 1 aromatic rings. The SMILES string of the molecule is CCCCCCCOC(=O)c1ccc(N2C(N)=NC(N)=NC23CCCCC3)cc1. The lowest BCUT2D eigenvalue weighted by molar-refractivity contribution is 0.0497. The number of carbonyl (C=O) groups is 1. The highest BCUT2D eigenvalue weighted by Crippen LogP contribution is 2.39. The maximum atomic E-state index is 12.3. The molecule has 0 radical (unpaired) electrons. The fraction of sp³-hybridized carbons (Fsp3) is 0.591. The van der Waals surface area contributed by atoms with Crippen molar-refractivity contribution in [1.82, 2.24) is 0 Å². The van der Waals surface area contributed by atoms with E-state index in [1.165, 1.54) is 25.7 Å². The third-order valence-electron chi connectivity index (χ3n) is 5.69. The van der Waals surface area contributed by atoms with Gasteiger partial charge in [0.1, 0.15) is 5.66 Å². The number of anilines is 1. The molecule has 4 N–H and O–H groups in total. The van der Waals surface area contributed by atoms with Crippen LogP contribution in [0, 0.1) is 0 Å². The van der Waals surface area contributed by atoms with Crippen molar-refractivity contribution in [1.29, 1.82) is 0 Å². The molecule has 0 aromatic heterocycles. The maximum absolute atomic E-state index is 12.3. The zero-order valence-electron chi connectivity index (χ0n) is 17.4. The highest BCUT2D eigenvalue weighted by Gasteiger charge is 2.42. The third kappa shape index (κ3) is 5.08. The van der Waals surface area contributed by atoms with Gasteiger partial charge < -0.3 is 16.2 Å². The fourth-order valence-electron chi connectivity index (χ4n) is 4.20. The number of hydrogen-bond acceptors (Lipinski definition) is 7. The Morgan fingerprint density at radius 3 is 2.45 bits per heavy atom. The Bertz CT molecular complexity index is 751. The van der Waals surface area contributed by atoms with E-state index in [4.69, 9.17) is 16.2 Å². The molecule has 1 saturated carbocycles. The molecule has 29 heavy (non-hydrogen) atoms. The summed E-state index contributed by atoms with van der Waals surface area (Å²) >= 11 is 0. The van der Waals surface area contributed by atoms with Gasteiger partial charge in [-0.2, -0.15) is 4.99 Å². The summed E-state index contributed by atoms with van der Waals surface area (Å²) < 4.78 is 5.40. The van der Waals surface area contributed by atoms with Crippen LogP contribution >= 0.6 is 0 Å². The Labute approximate surface area is 173 Å². The van der Waals surface area contributed by atoms with Gasteiger partial charge >= 0.3 is 5.97 Å². The third-order valence-corrected chi connectivity index (χ3v) is 5.69. The average molecular weight is 400 g/mol. The Morgan fingerprint density at radius 2 is 1.76 bits per heavy atom. The summed E-state index contributed by atoms with van der Waals surface area (Å²) in [4.78, 5) is 23.1. The largest absolute Gasteiger partial charge is 0.462 e. The molecule has 1 fully saturated rings. The molecular weight excluding hydrogens is 366 g/mol. The molecule has 7 nitrogen and oxygen atoms in total. The van der Waals surface area contributed by atoms with Gasteiger partial charge in [0.25, 0.3) is 0 Å². The van der Waals surface area contributed by atoms with Gasteiger partial charge in [-0.1, -0.05) is 39.0 Å². The van der Waals surface area contributed by atoms with Crippen molar-refractivity contribution >= 4 is 23.6 Å². The Balaban J connectivity index is 1.65. The number of unbranched alkanes of at least 4 members (excludes halogenated alkanes) is 4. The van der Waals surface area contributed by atoms with Crippen LogP contribution in [0.2, 0.25) is 0 Å². The maximum Gasteiger partial charge on any atom is 0.338 e. The minimum atomic E-state index is -0.477. The molecule has 1 aromatic carbocycles. The van der Waals surface area contributed by atoms with Crippen LogP contribution in [0.4, 0.5) is 5.69 Å². The zero-order chi connectivity index (χ0) is 20.7. The van der Waals surface area contributed by atoms with Crippen molar-refractivity contribution in [3.63, 3.8) is 0 Å². The Morgan fingerprint density at radius 1 is 1.07 bits per heavy atom. The second-order valence-electron chi connectivity index (χ2n) is 7.92. The first-order valence-corrected chi connectivity index (χ1v) is 10.8. The van der Waals surface area contributed by atoms with Gasteiger partial charge in [0.2, 0.25) is 11.9 Å². The molecular formula is C22H33N5O2. The standard InChI is InChI=1S/C22H33N5O2/c1-2-3-4-5-9-16-29-19(28)17-10-12-18(13-11-17)27-21(24)25-20(23)26-22(27)14-7-6-8-15-22/h10-13H,2-9,14-16H2,1H3,(H4,23,24,25,26). The van der Waals surface area contributed by atoms with E-state index in [0.29, 0.717) is 18.1 Å². The summed E-state index contributed by atoms with van der Waals surface area (Å²) in [6, 6.07) is 7.32. The second kappa shape index (κ2) is 9.76. The second-order valence-corrected chi connectivity index (χ2v) is 7.92. The summed E-state index contributed by atoms with van der Waals surface area (Å²) in [6.45, 7) is 2.65. The lowest BCUT2D eigenvalue weighted by Gasteiger charge is -2.45. The van der Waals surface area contributed by atoms with Crippen LogP contribution in [-0.4, -0.2) is 30.2 Å². The summed E-state index contributed by atoms with van der Waals surface area (Å²) in [6.07, 6.45) is 10.7. The molecule has 0 unspecified atom stereocenters. The molecule has 0 saturated heterocycles. The number of benzene rings is 1. The number of nitrogens with zero attached hydrogens (tertiary/aromatic N) is 3. The number of ether oxygens (including phenoxy) is 1. The summed E-state index contributed by atoms with van der Waals surface area (Å²) in [5.41, 5.74) is 13.1. The van der Waals surface area contributed by atoms with Crippen LogP contribution in [0.25, 0.3) is 0 Å². The molecule has 0 bridgehead atoms. The number of hydrogen-bond donors (Lipinski definition) is 2. The number of nitrogens with two attached hydrogens (primary N) is 2. The number of guanidine groups is 2. The molecule has 158 valence electrons. The average Bonchev–Trinajstić information content (AvgIpc) is 2.71. The molecule has 1 aliphatic heterocycles. The Hall–Kier alpha value is -2.57. The molecule has 1 heterocycles. The van der Waals surface area contributed by atoms with Gasteiger partial charge in [0.05, 0.1) is 12.2 Å². The highest BCUT2D eigenvalue weighted by molar-refractivity contribution is 6.05. The van der Waals surface area contributed by atoms with Crippen LogP contribution in [0.5, 0.6) is 0 Å². The van der Waals surface area contributed by atoms with Crippen molar-refractivity contribution in [3.05, 3.63) is 29.8 Å². The minimum absolute atomic E-state index is 0.236. The van der Waals surface area contributed by atoms with Crippen molar-refractivity contribution < 1.29 is 9.53 Å². The molecule has 7 heteroatoms. The van der Waals surface area contributed by atoms with Crippen LogP contribution in [0.15, 0.2) is 34.3 Å². The van der Waals surface area contributed by atoms with E-state index in [2.05, 4.69) is 16.9 Å². The van der Waals surface area contributed by atoms with Crippen molar-refractivity contribution in [2.75, 3.05) is 11.5 Å². The minimum Gasteiger partial charge on any atom is -0.462 e. The zero-order valence-corrected chi connectivity index (χ0v) is 17.4.